The van der Waals surface area contributed by atoms with E-state index in [9.17, 15) is 46.1 Å². The lowest BCUT2D eigenvalue weighted by molar-refractivity contribution is -0.250. The molecule has 0 spiro atoms. The molecule has 0 radical (unpaired) electrons. The average molecular weight is 1030 g/mol. The molecule has 6 rings (SSSR count). The van der Waals surface area contributed by atoms with Crippen LogP contribution in [0.2, 0.25) is 0 Å². The van der Waals surface area contributed by atoms with Gasteiger partial charge in [0.25, 0.3) is 0 Å². The van der Waals surface area contributed by atoms with E-state index in [1.165, 1.54) is 26.0 Å². The molecule has 0 saturated heterocycles. The number of hydrogen-bond donors (Lipinski definition) is 6. The van der Waals surface area contributed by atoms with E-state index in [1.54, 1.807) is 24.3 Å². The van der Waals surface area contributed by atoms with Crippen LogP contribution in [-0.4, -0.2) is 83.0 Å². The standard InChI is InChI=1S/2C23H26BrF3N2O3/c2*1-14(30)29-18(10-15-6-4-3-5-7-15)20(31)13-28-19-12-22(2,23(25,26)27)32-21-9-8-16(24)11-17(19)21/h2*3-9,11,18-20,28,31H,10,12-13H2,1-2H3,(H,29,30)/t18-,19-,20+,22+;18-,19-,20+,22-/m00/s1. The monoisotopic (exact) mass is 1030 g/mol. The number of aliphatic hydroxyl groups is 2. The Hall–Kier alpha value is -4.20. The molecule has 64 heavy (non-hydrogen) atoms. The highest BCUT2D eigenvalue weighted by Crippen LogP contribution is 2.49. The number of ether oxygens (including phenoxy) is 2. The molecule has 0 saturated carbocycles. The number of hydrogen-bond acceptors (Lipinski definition) is 8. The zero-order valence-corrected chi connectivity index (χ0v) is 38.7. The molecule has 4 aromatic carbocycles. The molecule has 8 atom stereocenters. The van der Waals surface area contributed by atoms with Crippen LogP contribution in [0.15, 0.2) is 106 Å². The Balaban J connectivity index is 0.000000241. The van der Waals surface area contributed by atoms with E-state index in [2.05, 4.69) is 53.1 Å². The Morgan fingerprint density at radius 1 is 0.641 bits per heavy atom. The Kier molecular flexibility index (Phi) is 17.0. The summed E-state index contributed by atoms with van der Waals surface area (Å²) >= 11 is 6.70. The zero-order valence-electron chi connectivity index (χ0n) is 35.5. The Labute approximate surface area is 385 Å². The number of carbonyl (C=O) groups excluding carboxylic acids is 2. The smallest absolute Gasteiger partial charge is 0.428 e. The number of benzene rings is 4. The lowest BCUT2D eigenvalue weighted by Crippen LogP contribution is -2.54. The molecule has 0 unspecified atom stereocenters. The van der Waals surface area contributed by atoms with Gasteiger partial charge in [-0.2, -0.15) is 26.3 Å². The molecule has 10 nitrogen and oxygen atoms in total. The van der Waals surface area contributed by atoms with Crippen molar-refractivity contribution >= 4 is 43.7 Å². The molecule has 0 aliphatic carbocycles. The fraction of sp³-hybridized carbons (Fsp3) is 0.435. The summed E-state index contributed by atoms with van der Waals surface area (Å²) in [6, 6.07) is 25.8. The van der Waals surface area contributed by atoms with Crippen molar-refractivity contribution in [1.82, 2.24) is 21.3 Å². The molecule has 2 aliphatic rings. The first-order chi connectivity index (χ1) is 30.0. The summed E-state index contributed by atoms with van der Waals surface area (Å²) in [6.45, 7) is 4.75. The van der Waals surface area contributed by atoms with Gasteiger partial charge in [-0.05, 0) is 74.2 Å². The maximum atomic E-state index is 13.7. The highest BCUT2D eigenvalue weighted by molar-refractivity contribution is 9.10. The quantitative estimate of drug-likeness (QED) is 0.0691. The summed E-state index contributed by atoms with van der Waals surface area (Å²) in [6.07, 6.45) is -11.1. The number of alkyl halides is 6. The van der Waals surface area contributed by atoms with Crippen LogP contribution in [0.5, 0.6) is 11.5 Å². The lowest BCUT2D eigenvalue weighted by atomic mass is 9.87. The second kappa shape index (κ2) is 21.4. The van der Waals surface area contributed by atoms with Crippen LogP contribution in [0, 0.1) is 0 Å². The number of fused-ring (bicyclic) bond motifs is 2. The van der Waals surface area contributed by atoms with Gasteiger partial charge in [0.15, 0.2) is 0 Å². The first-order valence-electron chi connectivity index (χ1n) is 20.5. The van der Waals surface area contributed by atoms with Crippen LogP contribution in [0.4, 0.5) is 26.3 Å². The van der Waals surface area contributed by atoms with Crippen molar-refractivity contribution in [2.75, 3.05) is 13.1 Å². The molecular weight excluding hydrogens is 978 g/mol. The van der Waals surface area contributed by atoms with E-state index >= 15 is 0 Å². The highest BCUT2D eigenvalue weighted by atomic mass is 79.9. The average Bonchev–Trinajstić information content (AvgIpc) is 3.21. The van der Waals surface area contributed by atoms with Gasteiger partial charge in [-0.1, -0.05) is 92.5 Å². The van der Waals surface area contributed by atoms with Crippen molar-refractivity contribution in [3.8, 4) is 11.5 Å². The summed E-state index contributed by atoms with van der Waals surface area (Å²) in [5.74, 6) is -0.298. The maximum Gasteiger partial charge on any atom is 0.428 e. The predicted molar refractivity (Wildman–Crippen MR) is 237 cm³/mol. The summed E-state index contributed by atoms with van der Waals surface area (Å²) < 4.78 is 94.5. The van der Waals surface area contributed by atoms with Crippen LogP contribution in [-0.2, 0) is 22.4 Å². The minimum absolute atomic E-state index is 0.0116. The molecule has 18 heteroatoms. The maximum absolute atomic E-state index is 13.7. The van der Waals surface area contributed by atoms with Crippen LogP contribution >= 0.6 is 31.9 Å². The predicted octanol–water partition coefficient (Wildman–Crippen LogP) is 8.58. The van der Waals surface area contributed by atoms with Crippen LogP contribution < -0.4 is 30.7 Å². The van der Waals surface area contributed by atoms with Gasteiger partial charge in [-0.15, -0.1) is 0 Å². The zero-order chi connectivity index (χ0) is 47.0. The molecular formula is C46H52Br2F6N4O6. The lowest BCUT2D eigenvalue weighted by Gasteiger charge is -2.41. The molecule has 2 aliphatic heterocycles. The molecule has 0 aromatic heterocycles. The number of carbonyl (C=O) groups is 2. The molecule has 2 heterocycles. The molecule has 348 valence electrons. The van der Waals surface area contributed by atoms with E-state index in [-0.39, 0.29) is 49.2 Å². The van der Waals surface area contributed by atoms with Crippen molar-refractivity contribution in [3.63, 3.8) is 0 Å². The van der Waals surface area contributed by atoms with E-state index in [0.29, 0.717) is 32.9 Å². The van der Waals surface area contributed by atoms with Gasteiger partial charge in [0.1, 0.15) is 11.5 Å². The summed E-state index contributed by atoms with van der Waals surface area (Å²) in [5.41, 5.74) is -1.72. The molecule has 0 bridgehead atoms. The van der Waals surface area contributed by atoms with Gasteiger partial charge in [-0.25, -0.2) is 0 Å². The third-order valence-corrected chi connectivity index (χ3v) is 12.2. The SMILES string of the molecule is CC(=O)N[C@@H](Cc1ccccc1)[C@H](O)CN[C@H]1C[C@@](C)(C(F)(F)F)Oc2ccc(Br)cc21.CC(=O)N[C@@H](Cc1ccccc1)[C@H](O)CN[C@H]1C[C@](C)(C(F)(F)F)Oc2ccc(Br)cc21. The van der Waals surface area contributed by atoms with E-state index in [4.69, 9.17) is 9.47 Å². The second-order valence-corrected chi connectivity index (χ2v) is 18.3. The molecule has 2 amide bonds. The Morgan fingerprint density at radius 2 is 0.984 bits per heavy atom. The first kappa shape index (κ1) is 50.8. The Morgan fingerprint density at radius 3 is 1.30 bits per heavy atom. The summed E-state index contributed by atoms with van der Waals surface area (Å²) in [4.78, 5) is 23.3. The third-order valence-electron chi connectivity index (χ3n) is 11.2. The highest BCUT2D eigenvalue weighted by Gasteiger charge is 2.58. The fourth-order valence-electron chi connectivity index (χ4n) is 7.68. The minimum atomic E-state index is -4.57. The molecule has 6 N–H and O–H groups in total. The van der Waals surface area contributed by atoms with Gasteiger partial charge in [0.05, 0.1) is 24.3 Å². The normalized spacial score (nSPS) is 22.4. The van der Waals surface area contributed by atoms with Crippen LogP contribution in [0.3, 0.4) is 0 Å². The summed E-state index contributed by atoms with van der Waals surface area (Å²) in [7, 11) is 0. The second-order valence-electron chi connectivity index (χ2n) is 16.5. The number of halogens is 8. The van der Waals surface area contributed by atoms with Crippen molar-refractivity contribution in [2.45, 2.75) is 113 Å². The van der Waals surface area contributed by atoms with Gasteiger partial charge in [-0.3, -0.25) is 9.59 Å². The van der Waals surface area contributed by atoms with Gasteiger partial charge in [0, 0.05) is 71.9 Å². The molecule has 4 aromatic rings. The van der Waals surface area contributed by atoms with Crippen molar-refractivity contribution in [2.24, 2.45) is 0 Å². The van der Waals surface area contributed by atoms with E-state index < -0.39 is 59.9 Å². The topological polar surface area (TPSA) is 141 Å². The number of nitrogens with one attached hydrogen (secondary N) is 4. The van der Waals surface area contributed by atoms with Crippen molar-refractivity contribution in [3.05, 3.63) is 128 Å². The van der Waals surface area contributed by atoms with Crippen LogP contribution in [0.25, 0.3) is 0 Å². The Bertz CT molecular complexity index is 2040. The van der Waals surface area contributed by atoms with E-state index in [1.807, 2.05) is 60.7 Å². The molecule has 0 fully saturated rings. The first-order valence-corrected chi connectivity index (χ1v) is 22.1. The summed E-state index contributed by atoms with van der Waals surface area (Å²) in [5, 5.41) is 33.2. The largest absolute Gasteiger partial charge is 0.478 e. The third kappa shape index (κ3) is 13.4. The number of amides is 2. The number of aliphatic hydroxyl groups excluding tert-OH is 2. The van der Waals surface area contributed by atoms with Crippen LogP contribution in [0.1, 0.15) is 74.9 Å². The van der Waals surface area contributed by atoms with E-state index in [0.717, 1.165) is 25.0 Å². The van der Waals surface area contributed by atoms with Crippen molar-refractivity contribution < 1.29 is 55.6 Å². The van der Waals surface area contributed by atoms with Gasteiger partial charge < -0.3 is 41.0 Å². The van der Waals surface area contributed by atoms with Gasteiger partial charge in [0.2, 0.25) is 23.0 Å². The van der Waals surface area contributed by atoms with Gasteiger partial charge >= 0.3 is 12.4 Å². The minimum Gasteiger partial charge on any atom is -0.478 e. The fourth-order valence-corrected chi connectivity index (χ4v) is 8.44. The van der Waals surface area contributed by atoms with Crippen molar-refractivity contribution in [1.29, 1.82) is 0 Å². The number of rotatable bonds is 14.